The predicted molar refractivity (Wildman–Crippen MR) is 69.5 cm³/mol. The van der Waals surface area contributed by atoms with Crippen molar-refractivity contribution in [1.82, 2.24) is 10.2 Å². The molecule has 0 saturated heterocycles. The highest BCUT2D eigenvalue weighted by Crippen LogP contribution is 2.12. The molecule has 1 heterocycles. The van der Waals surface area contributed by atoms with E-state index in [1.807, 2.05) is 49.5 Å². The Bertz CT molecular complexity index is 355. The minimum Gasteiger partial charge on any atom is -0.351 e. The van der Waals surface area contributed by atoms with Crippen LogP contribution in [0.4, 0.5) is 0 Å². The van der Waals surface area contributed by atoms with E-state index in [1.165, 1.54) is 0 Å². The van der Waals surface area contributed by atoms with E-state index in [1.54, 1.807) is 11.3 Å². The average molecular weight is 238 g/mol. The van der Waals surface area contributed by atoms with Crippen molar-refractivity contribution in [1.29, 1.82) is 0 Å². The Hall–Kier alpha value is -1.13. The summed E-state index contributed by atoms with van der Waals surface area (Å²) in [7, 11) is 3.97. The smallest absolute Gasteiger partial charge is 0.247 e. The highest BCUT2D eigenvalue weighted by Gasteiger charge is 2.03. The summed E-state index contributed by atoms with van der Waals surface area (Å²) in [6.45, 7) is 3.38. The van der Waals surface area contributed by atoms with Crippen LogP contribution >= 0.6 is 11.3 Å². The maximum absolute atomic E-state index is 11.7. The number of rotatable bonds is 5. The van der Waals surface area contributed by atoms with E-state index in [-0.39, 0.29) is 5.91 Å². The third kappa shape index (κ3) is 4.59. The standard InChI is InChI=1S/C12H18N2OS/c1-10(9-11-5-4-8-16-11)12(15)13-6-7-14(2)3/h4-5,8-9H,6-7H2,1-3H3,(H,13,15)/b10-9+. The van der Waals surface area contributed by atoms with Gasteiger partial charge in [0.05, 0.1) is 0 Å². The molecule has 4 heteroatoms. The van der Waals surface area contributed by atoms with Gasteiger partial charge in [0.1, 0.15) is 0 Å². The predicted octanol–water partition coefficient (Wildman–Crippen LogP) is 1.83. The first-order valence-corrected chi connectivity index (χ1v) is 6.12. The van der Waals surface area contributed by atoms with Crippen molar-refractivity contribution < 1.29 is 4.79 Å². The molecular weight excluding hydrogens is 220 g/mol. The highest BCUT2D eigenvalue weighted by molar-refractivity contribution is 7.10. The Labute approximate surface area is 101 Å². The first-order chi connectivity index (χ1) is 7.59. The Balaban J connectivity index is 2.42. The maximum atomic E-state index is 11.7. The van der Waals surface area contributed by atoms with Crippen LogP contribution in [0.15, 0.2) is 23.1 Å². The topological polar surface area (TPSA) is 32.3 Å². The summed E-state index contributed by atoms with van der Waals surface area (Å²) in [6, 6.07) is 3.98. The molecule has 0 fully saturated rings. The minimum absolute atomic E-state index is 0.00949. The third-order valence-electron chi connectivity index (χ3n) is 2.10. The molecular formula is C12H18N2OS. The monoisotopic (exact) mass is 238 g/mol. The van der Waals surface area contributed by atoms with Crippen LogP contribution < -0.4 is 5.32 Å². The molecule has 0 radical (unpaired) electrons. The number of thiophene rings is 1. The van der Waals surface area contributed by atoms with E-state index in [0.717, 1.165) is 17.0 Å². The minimum atomic E-state index is 0.00949. The molecule has 1 N–H and O–H groups in total. The van der Waals surface area contributed by atoms with Gasteiger partial charge in [0.2, 0.25) is 5.91 Å². The van der Waals surface area contributed by atoms with Crippen molar-refractivity contribution in [2.75, 3.05) is 27.2 Å². The van der Waals surface area contributed by atoms with Crippen LogP contribution in [0.5, 0.6) is 0 Å². The van der Waals surface area contributed by atoms with Crippen molar-refractivity contribution in [2.45, 2.75) is 6.92 Å². The van der Waals surface area contributed by atoms with Gasteiger partial charge in [-0.3, -0.25) is 4.79 Å². The first-order valence-electron chi connectivity index (χ1n) is 5.24. The summed E-state index contributed by atoms with van der Waals surface area (Å²) in [5.41, 5.74) is 0.751. The zero-order chi connectivity index (χ0) is 12.0. The van der Waals surface area contributed by atoms with E-state index >= 15 is 0 Å². The summed E-state index contributed by atoms with van der Waals surface area (Å²) < 4.78 is 0. The number of nitrogens with one attached hydrogen (secondary N) is 1. The Morgan fingerprint density at radius 1 is 1.56 bits per heavy atom. The van der Waals surface area contributed by atoms with Crippen LogP contribution in [0.25, 0.3) is 6.08 Å². The summed E-state index contributed by atoms with van der Waals surface area (Å²) in [4.78, 5) is 14.8. The SMILES string of the molecule is C/C(=C\c1cccs1)C(=O)NCCN(C)C. The number of carbonyl (C=O) groups excluding carboxylic acids is 1. The van der Waals surface area contributed by atoms with E-state index in [2.05, 4.69) is 5.32 Å². The van der Waals surface area contributed by atoms with Crippen molar-refractivity contribution in [3.63, 3.8) is 0 Å². The number of amides is 1. The molecule has 1 amide bonds. The molecule has 0 aliphatic heterocycles. The Morgan fingerprint density at radius 2 is 2.31 bits per heavy atom. The number of hydrogen-bond acceptors (Lipinski definition) is 3. The molecule has 0 saturated carbocycles. The second kappa shape index (κ2) is 6.45. The summed E-state index contributed by atoms with van der Waals surface area (Å²) in [5, 5.41) is 4.88. The largest absolute Gasteiger partial charge is 0.351 e. The molecule has 0 unspecified atom stereocenters. The van der Waals surface area contributed by atoms with Gasteiger partial charge < -0.3 is 10.2 Å². The third-order valence-corrected chi connectivity index (χ3v) is 2.92. The number of hydrogen-bond donors (Lipinski definition) is 1. The molecule has 0 atom stereocenters. The van der Waals surface area contributed by atoms with E-state index < -0.39 is 0 Å². The van der Waals surface area contributed by atoms with Gasteiger partial charge in [-0.25, -0.2) is 0 Å². The van der Waals surface area contributed by atoms with Crippen molar-refractivity contribution in [3.8, 4) is 0 Å². The van der Waals surface area contributed by atoms with Crippen LogP contribution in [-0.2, 0) is 4.79 Å². The molecule has 88 valence electrons. The van der Waals surface area contributed by atoms with Gasteiger partial charge in [0.25, 0.3) is 0 Å². The number of likely N-dealkylation sites (N-methyl/N-ethyl adjacent to an activating group) is 1. The molecule has 0 aliphatic carbocycles. The number of carbonyl (C=O) groups is 1. The maximum Gasteiger partial charge on any atom is 0.247 e. The lowest BCUT2D eigenvalue weighted by molar-refractivity contribution is -0.117. The molecule has 1 rings (SSSR count). The van der Waals surface area contributed by atoms with Gasteiger partial charge in [-0.15, -0.1) is 11.3 Å². The lowest BCUT2D eigenvalue weighted by Gasteiger charge is -2.10. The summed E-state index contributed by atoms with van der Waals surface area (Å²) in [5.74, 6) is 0.00949. The van der Waals surface area contributed by atoms with Crippen LogP contribution in [-0.4, -0.2) is 38.0 Å². The van der Waals surface area contributed by atoms with E-state index in [0.29, 0.717) is 6.54 Å². The summed E-state index contributed by atoms with van der Waals surface area (Å²) >= 11 is 1.63. The zero-order valence-corrected chi connectivity index (χ0v) is 10.8. The van der Waals surface area contributed by atoms with E-state index in [4.69, 9.17) is 0 Å². The molecule has 0 bridgehead atoms. The van der Waals surface area contributed by atoms with Gasteiger partial charge in [-0.1, -0.05) is 6.07 Å². The van der Waals surface area contributed by atoms with Crippen LogP contribution in [0.2, 0.25) is 0 Å². The Morgan fingerprint density at radius 3 is 2.88 bits per heavy atom. The second-order valence-electron chi connectivity index (χ2n) is 3.90. The van der Waals surface area contributed by atoms with E-state index in [9.17, 15) is 4.79 Å². The zero-order valence-electron chi connectivity index (χ0n) is 9.99. The highest BCUT2D eigenvalue weighted by atomic mass is 32.1. The fraction of sp³-hybridized carbons (Fsp3) is 0.417. The molecule has 0 aromatic carbocycles. The van der Waals surface area contributed by atoms with Gasteiger partial charge in [0.15, 0.2) is 0 Å². The normalized spacial score (nSPS) is 11.9. The molecule has 1 aromatic rings. The molecule has 3 nitrogen and oxygen atoms in total. The molecule has 0 spiro atoms. The quantitative estimate of drug-likeness (QED) is 0.794. The average Bonchev–Trinajstić information content (AvgIpc) is 2.69. The second-order valence-corrected chi connectivity index (χ2v) is 4.88. The fourth-order valence-corrected chi connectivity index (χ4v) is 1.90. The van der Waals surface area contributed by atoms with Crippen LogP contribution in [0.3, 0.4) is 0 Å². The summed E-state index contributed by atoms with van der Waals surface area (Å²) in [6.07, 6.45) is 1.91. The van der Waals surface area contributed by atoms with Gasteiger partial charge in [0, 0.05) is 23.5 Å². The molecule has 16 heavy (non-hydrogen) atoms. The van der Waals surface area contributed by atoms with Crippen LogP contribution in [0.1, 0.15) is 11.8 Å². The lowest BCUT2D eigenvalue weighted by atomic mass is 10.2. The lowest BCUT2D eigenvalue weighted by Crippen LogP contribution is -2.31. The van der Waals surface area contributed by atoms with Crippen molar-refractivity contribution in [2.24, 2.45) is 0 Å². The fourth-order valence-electron chi connectivity index (χ4n) is 1.18. The first kappa shape index (κ1) is 12.9. The van der Waals surface area contributed by atoms with Gasteiger partial charge >= 0.3 is 0 Å². The van der Waals surface area contributed by atoms with Crippen molar-refractivity contribution >= 4 is 23.3 Å². The van der Waals surface area contributed by atoms with Gasteiger partial charge in [-0.05, 0) is 38.5 Å². The molecule has 1 aromatic heterocycles. The number of nitrogens with zero attached hydrogens (tertiary/aromatic N) is 1. The van der Waals surface area contributed by atoms with Crippen molar-refractivity contribution in [3.05, 3.63) is 28.0 Å². The Kier molecular flexibility index (Phi) is 5.22. The van der Waals surface area contributed by atoms with Crippen LogP contribution in [0, 0.1) is 0 Å². The molecule has 0 aliphatic rings. The van der Waals surface area contributed by atoms with Gasteiger partial charge in [-0.2, -0.15) is 0 Å².